The summed E-state index contributed by atoms with van der Waals surface area (Å²) in [6, 6.07) is 8.66. The number of benzene rings is 1. The zero-order chi connectivity index (χ0) is 12.8. The van der Waals surface area contributed by atoms with E-state index in [2.05, 4.69) is 61.1 Å². The Morgan fingerprint density at radius 1 is 1.33 bits per heavy atom. The molecule has 0 saturated heterocycles. The molecular formula is C15H18N2S. The zero-order valence-electron chi connectivity index (χ0n) is 11.1. The highest BCUT2D eigenvalue weighted by atomic mass is 32.2. The second kappa shape index (κ2) is 4.16. The minimum absolute atomic E-state index is 0.0665. The number of para-hydroxylation sites is 1. The predicted molar refractivity (Wildman–Crippen MR) is 80.7 cm³/mol. The van der Waals surface area contributed by atoms with E-state index in [1.807, 2.05) is 11.8 Å². The van der Waals surface area contributed by atoms with Gasteiger partial charge in [-0.2, -0.15) is 0 Å². The number of hydrogen-bond acceptors (Lipinski definition) is 3. The summed E-state index contributed by atoms with van der Waals surface area (Å²) in [5, 5.41) is 1.18. The number of hydrogen-bond donors (Lipinski definition) is 0. The molecule has 2 aliphatic rings. The molecule has 0 bridgehead atoms. The normalized spacial score (nSPS) is 23.4. The molecule has 0 N–H and O–H groups in total. The Morgan fingerprint density at radius 2 is 2.11 bits per heavy atom. The molecule has 0 atom stereocenters. The third kappa shape index (κ3) is 1.69. The van der Waals surface area contributed by atoms with Crippen LogP contribution in [-0.2, 0) is 5.41 Å². The molecular weight excluding hydrogens is 240 g/mol. The van der Waals surface area contributed by atoms with Gasteiger partial charge in [-0.25, -0.2) is 0 Å². The lowest BCUT2D eigenvalue weighted by molar-refractivity contribution is 0.641. The lowest BCUT2D eigenvalue weighted by Crippen LogP contribution is -2.23. The fourth-order valence-corrected chi connectivity index (χ4v) is 3.58. The van der Waals surface area contributed by atoms with Crippen molar-refractivity contribution in [3.63, 3.8) is 0 Å². The fraction of sp³-hybridized carbons (Fsp3) is 0.400. The molecule has 0 radical (unpaired) electrons. The Morgan fingerprint density at radius 3 is 2.78 bits per heavy atom. The van der Waals surface area contributed by atoms with E-state index in [1.165, 1.54) is 22.0 Å². The van der Waals surface area contributed by atoms with Gasteiger partial charge in [-0.1, -0.05) is 32.0 Å². The molecule has 0 aromatic heterocycles. The van der Waals surface area contributed by atoms with Gasteiger partial charge in [0.2, 0.25) is 0 Å². The topological polar surface area (TPSA) is 15.6 Å². The van der Waals surface area contributed by atoms with Crippen LogP contribution in [0.4, 0.5) is 5.69 Å². The largest absolute Gasteiger partial charge is 0.347 e. The second-order valence-electron chi connectivity index (χ2n) is 5.30. The Kier molecular flexibility index (Phi) is 2.74. The van der Waals surface area contributed by atoms with Gasteiger partial charge in [0.25, 0.3) is 0 Å². The molecule has 2 heterocycles. The molecule has 3 rings (SSSR count). The number of nitrogens with zero attached hydrogens (tertiary/aromatic N) is 2. The van der Waals surface area contributed by atoms with E-state index in [0.29, 0.717) is 0 Å². The third-order valence-electron chi connectivity index (χ3n) is 3.81. The van der Waals surface area contributed by atoms with Crippen LogP contribution in [0.3, 0.4) is 0 Å². The number of rotatable bonds is 1. The van der Waals surface area contributed by atoms with Gasteiger partial charge in [-0.15, -0.1) is 11.8 Å². The Balaban J connectivity index is 2.08. The predicted octanol–water partition coefficient (Wildman–Crippen LogP) is 3.44. The molecule has 2 nitrogen and oxygen atoms in total. The van der Waals surface area contributed by atoms with Crippen LogP contribution in [0.25, 0.3) is 0 Å². The van der Waals surface area contributed by atoms with Gasteiger partial charge in [0, 0.05) is 36.1 Å². The van der Waals surface area contributed by atoms with Crippen molar-refractivity contribution in [3.05, 3.63) is 41.6 Å². The first kappa shape index (κ1) is 11.8. The van der Waals surface area contributed by atoms with Crippen LogP contribution in [0, 0.1) is 0 Å². The quantitative estimate of drug-likeness (QED) is 0.767. The maximum Gasteiger partial charge on any atom is 0.0923 e. The molecule has 2 aliphatic heterocycles. The SMILES string of the molecule is CN1/C(=C/C2=NCCS2)C(C)(C)c2ccccc21. The summed E-state index contributed by atoms with van der Waals surface area (Å²) in [5.74, 6) is 1.12. The summed E-state index contributed by atoms with van der Waals surface area (Å²) in [4.78, 5) is 6.84. The van der Waals surface area contributed by atoms with Gasteiger partial charge in [-0.05, 0) is 17.7 Å². The van der Waals surface area contributed by atoms with Gasteiger partial charge in [-0.3, -0.25) is 4.99 Å². The Hall–Kier alpha value is -1.22. The van der Waals surface area contributed by atoms with Crippen LogP contribution in [0.15, 0.2) is 41.0 Å². The highest BCUT2D eigenvalue weighted by molar-refractivity contribution is 8.14. The Labute approximate surface area is 113 Å². The highest BCUT2D eigenvalue weighted by Gasteiger charge is 2.38. The number of aliphatic imine (C=N–C) groups is 1. The van der Waals surface area contributed by atoms with Crippen molar-refractivity contribution in [2.45, 2.75) is 19.3 Å². The number of anilines is 1. The third-order valence-corrected chi connectivity index (χ3v) is 4.74. The summed E-state index contributed by atoms with van der Waals surface area (Å²) in [6.45, 7) is 5.55. The molecule has 0 fully saturated rings. The van der Waals surface area contributed by atoms with E-state index >= 15 is 0 Å². The van der Waals surface area contributed by atoms with E-state index in [4.69, 9.17) is 0 Å². The second-order valence-corrected chi connectivity index (χ2v) is 6.41. The van der Waals surface area contributed by atoms with Crippen molar-refractivity contribution in [1.29, 1.82) is 0 Å². The van der Waals surface area contributed by atoms with Gasteiger partial charge < -0.3 is 4.90 Å². The summed E-state index contributed by atoms with van der Waals surface area (Å²) < 4.78 is 0. The number of allylic oxidation sites excluding steroid dienone is 1. The van der Waals surface area contributed by atoms with E-state index in [1.54, 1.807) is 0 Å². The molecule has 0 saturated carbocycles. The molecule has 3 heteroatoms. The standard InChI is InChI=1S/C15H18N2S/c1-15(2)11-6-4-5-7-12(11)17(3)13(15)10-14-16-8-9-18-14/h4-7,10H,8-9H2,1-3H3/b13-10+. The van der Waals surface area contributed by atoms with Crippen molar-refractivity contribution in [2.24, 2.45) is 4.99 Å². The van der Waals surface area contributed by atoms with Crippen LogP contribution < -0.4 is 4.90 Å². The maximum atomic E-state index is 4.54. The van der Waals surface area contributed by atoms with Gasteiger partial charge in [0.05, 0.1) is 5.04 Å². The van der Waals surface area contributed by atoms with Crippen molar-refractivity contribution in [1.82, 2.24) is 0 Å². The summed E-state index contributed by atoms with van der Waals surface area (Å²) in [5.41, 5.74) is 4.13. The van der Waals surface area contributed by atoms with E-state index in [9.17, 15) is 0 Å². The summed E-state index contributed by atoms with van der Waals surface area (Å²) >= 11 is 1.86. The van der Waals surface area contributed by atoms with E-state index in [0.717, 1.165) is 12.3 Å². The van der Waals surface area contributed by atoms with E-state index < -0.39 is 0 Å². The molecule has 94 valence electrons. The van der Waals surface area contributed by atoms with Crippen molar-refractivity contribution in [3.8, 4) is 0 Å². The summed E-state index contributed by atoms with van der Waals surface area (Å²) in [6.07, 6.45) is 2.26. The lowest BCUT2D eigenvalue weighted by atomic mass is 9.84. The summed E-state index contributed by atoms with van der Waals surface area (Å²) in [7, 11) is 2.15. The molecule has 0 aliphatic carbocycles. The molecule has 0 unspecified atom stereocenters. The van der Waals surface area contributed by atoms with Crippen molar-refractivity contribution >= 4 is 22.5 Å². The Bertz CT molecular complexity index is 543. The van der Waals surface area contributed by atoms with Crippen molar-refractivity contribution < 1.29 is 0 Å². The first-order valence-electron chi connectivity index (χ1n) is 6.33. The molecule has 1 aromatic rings. The first-order valence-corrected chi connectivity index (χ1v) is 7.32. The first-order chi connectivity index (χ1) is 8.60. The molecule has 1 aromatic carbocycles. The van der Waals surface area contributed by atoms with Crippen molar-refractivity contribution in [2.75, 3.05) is 24.2 Å². The average molecular weight is 258 g/mol. The minimum atomic E-state index is 0.0665. The smallest absolute Gasteiger partial charge is 0.0923 e. The number of fused-ring (bicyclic) bond motifs is 1. The number of thioether (sulfide) groups is 1. The van der Waals surface area contributed by atoms with E-state index in [-0.39, 0.29) is 5.41 Å². The van der Waals surface area contributed by atoms with Gasteiger partial charge in [0.15, 0.2) is 0 Å². The minimum Gasteiger partial charge on any atom is -0.347 e. The van der Waals surface area contributed by atoms with Crippen LogP contribution >= 0.6 is 11.8 Å². The van der Waals surface area contributed by atoms with Gasteiger partial charge in [0.1, 0.15) is 0 Å². The van der Waals surface area contributed by atoms with Crippen LogP contribution in [-0.4, -0.2) is 24.4 Å². The highest BCUT2D eigenvalue weighted by Crippen LogP contribution is 2.46. The van der Waals surface area contributed by atoms with Crippen LogP contribution in [0.2, 0.25) is 0 Å². The van der Waals surface area contributed by atoms with Crippen LogP contribution in [0.1, 0.15) is 19.4 Å². The number of likely N-dealkylation sites (N-methyl/N-ethyl adjacent to an activating group) is 1. The monoisotopic (exact) mass is 258 g/mol. The lowest BCUT2D eigenvalue weighted by Gasteiger charge is -2.24. The fourth-order valence-electron chi connectivity index (χ4n) is 2.81. The molecule has 18 heavy (non-hydrogen) atoms. The zero-order valence-corrected chi connectivity index (χ0v) is 11.9. The van der Waals surface area contributed by atoms with Crippen LogP contribution in [0.5, 0.6) is 0 Å². The molecule has 0 spiro atoms. The maximum absolute atomic E-state index is 4.54. The van der Waals surface area contributed by atoms with Gasteiger partial charge >= 0.3 is 0 Å². The average Bonchev–Trinajstić information content (AvgIpc) is 2.93. The molecule has 0 amide bonds.